The average molecular weight is 262 g/mol. The largest absolute Gasteiger partial charge is 0.353 e. The molecule has 0 aliphatic carbocycles. The lowest BCUT2D eigenvalue weighted by atomic mass is 10.1. The van der Waals surface area contributed by atoms with E-state index in [4.69, 9.17) is 8.22 Å². The molecule has 0 aliphatic heterocycles. The Morgan fingerprint density at radius 1 is 0.650 bits per heavy atom. The lowest BCUT2D eigenvalue weighted by molar-refractivity contribution is 1.51. The number of hydrogen-bond donors (Lipinski definition) is 2. The average Bonchev–Trinajstić information content (AvgIpc) is 3.17. The van der Waals surface area contributed by atoms with Gasteiger partial charge < -0.3 is 9.97 Å². The van der Waals surface area contributed by atoms with Gasteiger partial charge in [-0.3, -0.25) is 0 Å². The zero-order valence-corrected chi connectivity index (χ0v) is 10.3. The van der Waals surface area contributed by atoms with Gasteiger partial charge in [0.05, 0.1) is 19.3 Å². The summed E-state index contributed by atoms with van der Waals surface area (Å²) in [5.41, 5.74) is 2.33. The molecular weight excluding hydrogens is 244 g/mol. The Labute approximate surface area is 123 Å². The second-order valence-corrected chi connectivity index (χ2v) is 4.78. The minimum atomic E-state index is 0.000815. The molecular formula is C18H12N2. The molecule has 94 valence electrons. The normalized spacial score (nSPS) is 16.2. The summed E-state index contributed by atoms with van der Waals surface area (Å²) in [7, 11) is 0. The number of H-pyrrole nitrogens is 2. The molecule has 0 radical (unpaired) electrons. The van der Waals surface area contributed by atoms with Crippen LogP contribution in [0.3, 0.4) is 0 Å². The molecule has 2 aromatic heterocycles. The zero-order chi connectivity index (χ0) is 18.3. The molecule has 0 atom stereocenters. The van der Waals surface area contributed by atoms with Gasteiger partial charge in [-0.2, -0.15) is 0 Å². The van der Waals surface area contributed by atoms with E-state index in [1.54, 1.807) is 12.1 Å². The van der Waals surface area contributed by atoms with Crippen molar-refractivity contribution in [2.24, 2.45) is 0 Å². The number of benzene rings is 3. The van der Waals surface area contributed by atoms with E-state index < -0.39 is 0 Å². The van der Waals surface area contributed by atoms with Crippen molar-refractivity contribution in [3.8, 4) is 0 Å². The fourth-order valence-electron chi connectivity index (χ4n) is 2.83. The number of fused-ring (bicyclic) bond motifs is 7. The molecule has 0 aliphatic rings. The summed E-state index contributed by atoms with van der Waals surface area (Å²) in [5, 5.41) is 2.49. The van der Waals surface area contributed by atoms with E-state index in [-0.39, 0.29) is 36.3 Å². The van der Waals surface area contributed by atoms with E-state index in [1.165, 1.54) is 12.1 Å². The van der Waals surface area contributed by atoms with Crippen LogP contribution < -0.4 is 0 Å². The maximum atomic E-state index is 8.21. The molecule has 20 heavy (non-hydrogen) atoms. The van der Waals surface area contributed by atoms with E-state index in [0.717, 1.165) is 10.8 Å². The van der Waals surface area contributed by atoms with E-state index in [9.17, 15) is 0 Å². The van der Waals surface area contributed by atoms with Crippen molar-refractivity contribution in [3.05, 3.63) is 60.5 Å². The van der Waals surface area contributed by atoms with E-state index >= 15 is 0 Å². The predicted octanol–water partition coefficient (Wildman–Crippen LogP) is 4.96. The quantitative estimate of drug-likeness (QED) is 0.395. The van der Waals surface area contributed by atoms with Gasteiger partial charge in [-0.05, 0) is 12.1 Å². The van der Waals surface area contributed by atoms with Crippen molar-refractivity contribution >= 4 is 43.6 Å². The Morgan fingerprint density at radius 2 is 1.15 bits per heavy atom. The molecule has 5 rings (SSSR count). The fraction of sp³-hybridized carbons (Fsp3) is 0. The smallest absolute Gasteiger partial charge is 0.0710 e. The summed E-state index contributed by atoms with van der Waals surface area (Å²) in [6, 6.07) is 6.73. The molecule has 0 bridgehead atoms. The maximum absolute atomic E-state index is 8.21. The van der Waals surface area contributed by atoms with Crippen LogP contribution in [0, 0.1) is 0 Å². The standard InChI is InChI=1S/C18H12N2/c1-3-7-15-11(5-1)13-9-10-14-12-6-2-4-8-16(12)20-18(14)17(13)19-15/h1-10,19-20H/i1D,2D,5D,6D,7D,8D. The highest BCUT2D eigenvalue weighted by Gasteiger charge is 2.10. The second kappa shape index (κ2) is 3.42. The third-order valence-corrected chi connectivity index (χ3v) is 3.72. The van der Waals surface area contributed by atoms with Crippen molar-refractivity contribution in [1.29, 1.82) is 0 Å². The van der Waals surface area contributed by atoms with Crippen LogP contribution in [-0.4, -0.2) is 9.97 Å². The Morgan fingerprint density at radius 3 is 1.65 bits per heavy atom. The van der Waals surface area contributed by atoms with E-state index in [1.807, 2.05) is 0 Å². The van der Waals surface area contributed by atoms with Crippen LogP contribution in [0.5, 0.6) is 0 Å². The molecule has 0 unspecified atom stereocenters. The summed E-state index contributed by atoms with van der Waals surface area (Å²) in [4.78, 5) is 6.36. The summed E-state index contributed by atoms with van der Waals surface area (Å²) in [6.07, 6.45) is 0. The van der Waals surface area contributed by atoms with Crippen LogP contribution >= 0.6 is 0 Å². The Bertz CT molecular complexity index is 1290. The first-order valence-corrected chi connectivity index (χ1v) is 6.32. The minimum Gasteiger partial charge on any atom is -0.353 e. The predicted molar refractivity (Wildman–Crippen MR) is 85.2 cm³/mol. The third kappa shape index (κ3) is 1.14. The molecule has 5 aromatic rings. The second-order valence-electron chi connectivity index (χ2n) is 4.78. The van der Waals surface area contributed by atoms with Crippen LogP contribution in [0.25, 0.3) is 43.6 Å². The van der Waals surface area contributed by atoms with E-state index in [2.05, 4.69) is 9.97 Å². The van der Waals surface area contributed by atoms with Gasteiger partial charge >= 0.3 is 0 Å². The van der Waals surface area contributed by atoms with E-state index in [0.29, 0.717) is 32.8 Å². The minimum absolute atomic E-state index is 0.000815. The number of aromatic nitrogens is 2. The number of nitrogens with one attached hydrogen (secondary N) is 2. The van der Waals surface area contributed by atoms with Gasteiger partial charge in [0.1, 0.15) is 0 Å². The molecule has 0 spiro atoms. The van der Waals surface area contributed by atoms with Crippen LogP contribution in [0.4, 0.5) is 0 Å². The highest BCUT2D eigenvalue weighted by atomic mass is 14.8. The fourth-order valence-corrected chi connectivity index (χ4v) is 2.83. The molecule has 2 N–H and O–H groups in total. The van der Waals surface area contributed by atoms with Crippen molar-refractivity contribution in [2.75, 3.05) is 0 Å². The van der Waals surface area contributed by atoms with Gasteiger partial charge in [0.15, 0.2) is 0 Å². The highest BCUT2D eigenvalue weighted by molar-refractivity contribution is 6.21. The van der Waals surface area contributed by atoms with Crippen LogP contribution in [0.2, 0.25) is 0 Å². The number of hydrogen-bond acceptors (Lipinski definition) is 0. The topological polar surface area (TPSA) is 31.6 Å². The summed E-state index contributed by atoms with van der Waals surface area (Å²) in [6.45, 7) is 0. The van der Waals surface area contributed by atoms with Crippen molar-refractivity contribution < 1.29 is 8.22 Å². The number of aromatic amines is 2. The van der Waals surface area contributed by atoms with Crippen LogP contribution in [0.15, 0.2) is 60.5 Å². The Kier molecular flexibility index (Phi) is 1.05. The summed E-state index contributed by atoms with van der Waals surface area (Å²) >= 11 is 0. The lowest BCUT2D eigenvalue weighted by Gasteiger charge is -1.94. The first-order chi connectivity index (χ1) is 12.4. The van der Waals surface area contributed by atoms with Crippen molar-refractivity contribution in [2.45, 2.75) is 0 Å². The van der Waals surface area contributed by atoms with Gasteiger partial charge in [-0.25, -0.2) is 0 Å². The Hall–Kier alpha value is -2.74. The molecule has 3 aromatic carbocycles. The molecule has 0 saturated carbocycles. The third-order valence-electron chi connectivity index (χ3n) is 3.72. The maximum Gasteiger partial charge on any atom is 0.0710 e. The lowest BCUT2D eigenvalue weighted by Crippen LogP contribution is -1.72. The zero-order valence-electron chi connectivity index (χ0n) is 16.3. The van der Waals surface area contributed by atoms with Gasteiger partial charge in [0.2, 0.25) is 0 Å². The van der Waals surface area contributed by atoms with Gasteiger partial charge in [-0.1, -0.05) is 48.4 Å². The summed E-state index contributed by atoms with van der Waals surface area (Å²) < 4.78 is 48.4. The first-order valence-electron chi connectivity index (χ1n) is 9.32. The molecule has 2 heteroatoms. The molecule has 0 saturated heterocycles. The van der Waals surface area contributed by atoms with Crippen molar-refractivity contribution in [3.63, 3.8) is 0 Å². The van der Waals surface area contributed by atoms with Gasteiger partial charge in [-0.15, -0.1) is 0 Å². The molecule has 2 heterocycles. The van der Waals surface area contributed by atoms with Crippen LogP contribution in [-0.2, 0) is 0 Å². The Balaban J connectivity index is 2.07. The number of rotatable bonds is 0. The molecule has 0 amide bonds. The molecule has 0 fully saturated rings. The monoisotopic (exact) mass is 262 g/mol. The van der Waals surface area contributed by atoms with Crippen LogP contribution in [0.1, 0.15) is 8.22 Å². The van der Waals surface area contributed by atoms with Gasteiger partial charge in [0, 0.05) is 32.6 Å². The van der Waals surface area contributed by atoms with Gasteiger partial charge in [0.25, 0.3) is 0 Å². The first kappa shape index (κ1) is 6.14. The summed E-state index contributed by atoms with van der Waals surface area (Å²) in [5.74, 6) is 0. The number of para-hydroxylation sites is 2. The molecule has 2 nitrogen and oxygen atoms in total. The SMILES string of the molecule is [2H]c1cc([2H])c2[nH]c3c(ccc4c3[nH]c3c([2H])cc([2H])c([2H])c34)c2c1[2H]. The highest BCUT2D eigenvalue weighted by Crippen LogP contribution is 2.34. The van der Waals surface area contributed by atoms with Crippen molar-refractivity contribution in [1.82, 2.24) is 9.97 Å².